The van der Waals surface area contributed by atoms with Crippen molar-refractivity contribution in [1.29, 1.82) is 0 Å². The van der Waals surface area contributed by atoms with Crippen LogP contribution in [0.2, 0.25) is 0 Å². The van der Waals surface area contributed by atoms with Gasteiger partial charge in [-0.05, 0) is 19.8 Å². The number of hydrogen-bond acceptors (Lipinski definition) is 2. The highest BCUT2D eigenvalue weighted by Crippen LogP contribution is 2.29. The first-order valence-electron chi connectivity index (χ1n) is 5.92. The largest absolute Gasteiger partial charge is 0.462 e. The van der Waals surface area contributed by atoms with Gasteiger partial charge < -0.3 is 4.74 Å². The second kappa shape index (κ2) is 7.10. The van der Waals surface area contributed by atoms with Crippen molar-refractivity contribution >= 4 is 5.97 Å². The van der Waals surface area contributed by atoms with Gasteiger partial charge in [0.15, 0.2) is 0 Å². The molecule has 0 aromatic heterocycles. The van der Waals surface area contributed by atoms with Crippen molar-refractivity contribution < 1.29 is 9.53 Å². The number of ether oxygens (including phenoxy) is 1. The van der Waals surface area contributed by atoms with Crippen LogP contribution in [0.5, 0.6) is 0 Å². The zero-order valence-electron chi connectivity index (χ0n) is 11.5. The van der Waals surface area contributed by atoms with E-state index >= 15 is 0 Å². The van der Waals surface area contributed by atoms with E-state index in [2.05, 4.69) is 27.0 Å². The fraction of sp³-hybridized carbons (Fsp3) is 0.533. The topological polar surface area (TPSA) is 26.3 Å². The van der Waals surface area contributed by atoms with Crippen LogP contribution in [0.15, 0.2) is 37.0 Å². The molecule has 0 saturated carbocycles. The Bertz CT molecular complexity index is 311. The monoisotopic (exact) mass is 236 g/mol. The lowest BCUT2D eigenvalue weighted by molar-refractivity contribution is -0.151. The maximum Gasteiger partial charge on any atom is 0.302 e. The second-order valence-electron chi connectivity index (χ2n) is 4.97. The second-order valence-corrected chi connectivity index (χ2v) is 4.97. The molecule has 0 aliphatic carbocycles. The molecule has 17 heavy (non-hydrogen) atoms. The van der Waals surface area contributed by atoms with E-state index in [1.54, 1.807) is 0 Å². The lowest BCUT2D eigenvalue weighted by Crippen LogP contribution is -2.32. The first-order valence-corrected chi connectivity index (χ1v) is 5.92. The van der Waals surface area contributed by atoms with Gasteiger partial charge in [-0.2, -0.15) is 0 Å². The third kappa shape index (κ3) is 6.77. The predicted molar refractivity (Wildman–Crippen MR) is 72.7 cm³/mol. The number of hydrogen-bond donors (Lipinski definition) is 0. The molecule has 0 heterocycles. The van der Waals surface area contributed by atoms with Crippen molar-refractivity contribution in [2.24, 2.45) is 5.41 Å². The molecule has 0 fully saturated rings. The summed E-state index contributed by atoms with van der Waals surface area (Å²) in [6.07, 6.45) is 7.35. The minimum absolute atomic E-state index is 0.131. The Morgan fingerprint density at radius 2 is 2.00 bits per heavy atom. The minimum atomic E-state index is -0.240. The minimum Gasteiger partial charge on any atom is -0.462 e. The van der Waals surface area contributed by atoms with Crippen molar-refractivity contribution in [2.75, 3.05) is 0 Å². The fourth-order valence-electron chi connectivity index (χ4n) is 1.52. The summed E-state index contributed by atoms with van der Waals surface area (Å²) >= 11 is 0. The number of carbonyl (C=O) groups is 1. The van der Waals surface area contributed by atoms with Gasteiger partial charge in [0, 0.05) is 12.3 Å². The van der Waals surface area contributed by atoms with Crippen molar-refractivity contribution in [2.45, 2.75) is 46.6 Å². The summed E-state index contributed by atoms with van der Waals surface area (Å²) < 4.78 is 5.38. The van der Waals surface area contributed by atoms with Gasteiger partial charge in [0.05, 0.1) is 0 Å². The molecule has 0 aliphatic heterocycles. The normalized spacial score (nSPS) is 13.4. The molecule has 0 aliphatic rings. The van der Waals surface area contributed by atoms with Gasteiger partial charge in [0.25, 0.3) is 0 Å². The molecule has 1 atom stereocenters. The summed E-state index contributed by atoms with van der Waals surface area (Å²) in [4.78, 5) is 11.1. The maximum absolute atomic E-state index is 11.1. The molecule has 0 aromatic carbocycles. The molecule has 0 aromatic rings. The van der Waals surface area contributed by atoms with Crippen molar-refractivity contribution in [3.05, 3.63) is 37.0 Å². The molecule has 0 radical (unpaired) electrons. The van der Waals surface area contributed by atoms with Crippen LogP contribution in [0.25, 0.3) is 0 Å². The Hall–Kier alpha value is -1.31. The Kier molecular flexibility index (Phi) is 6.55. The van der Waals surface area contributed by atoms with Gasteiger partial charge in [-0.3, -0.25) is 4.79 Å². The molecule has 0 spiro atoms. The smallest absolute Gasteiger partial charge is 0.302 e. The van der Waals surface area contributed by atoms with Crippen molar-refractivity contribution in [3.8, 4) is 0 Å². The Morgan fingerprint density at radius 3 is 2.41 bits per heavy atom. The quantitative estimate of drug-likeness (QED) is 0.379. The molecule has 0 bridgehead atoms. The summed E-state index contributed by atoms with van der Waals surface area (Å²) in [5.41, 5.74) is 0.788. The molecule has 2 nitrogen and oxygen atoms in total. The molecule has 0 amide bonds. The van der Waals surface area contributed by atoms with Crippen molar-refractivity contribution in [1.82, 2.24) is 0 Å². The molecule has 2 heteroatoms. The van der Waals surface area contributed by atoms with Crippen LogP contribution in [0.1, 0.15) is 40.5 Å². The molecule has 1 unspecified atom stereocenters. The van der Waals surface area contributed by atoms with Crippen LogP contribution in [0, 0.1) is 5.41 Å². The highest BCUT2D eigenvalue weighted by molar-refractivity contribution is 5.66. The SMILES string of the molecule is C=CCCC(OC(C)=O)C(C)(C)/C=C/C(=C)C. The summed E-state index contributed by atoms with van der Waals surface area (Å²) in [5, 5.41) is 0. The van der Waals surface area contributed by atoms with Crippen LogP contribution in [0.3, 0.4) is 0 Å². The van der Waals surface area contributed by atoms with Crippen LogP contribution in [0.4, 0.5) is 0 Å². The van der Waals surface area contributed by atoms with Gasteiger partial charge in [-0.1, -0.05) is 44.2 Å². The average molecular weight is 236 g/mol. The fourth-order valence-corrected chi connectivity index (χ4v) is 1.52. The molecular formula is C15H24O2. The zero-order valence-corrected chi connectivity index (χ0v) is 11.5. The van der Waals surface area contributed by atoms with Crippen LogP contribution in [-0.4, -0.2) is 12.1 Å². The van der Waals surface area contributed by atoms with Gasteiger partial charge in [-0.15, -0.1) is 6.58 Å². The molecular weight excluding hydrogens is 212 g/mol. The van der Waals surface area contributed by atoms with Crippen LogP contribution >= 0.6 is 0 Å². The van der Waals surface area contributed by atoms with Gasteiger partial charge in [-0.25, -0.2) is 0 Å². The summed E-state index contributed by atoms with van der Waals surface area (Å²) in [5.74, 6) is -0.240. The first-order chi connectivity index (χ1) is 7.79. The molecule has 96 valence electrons. The van der Waals surface area contributed by atoms with Crippen LogP contribution < -0.4 is 0 Å². The first kappa shape index (κ1) is 15.7. The Balaban J connectivity index is 4.78. The van der Waals surface area contributed by atoms with E-state index in [9.17, 15) is 4.79 Å². The highest BCUT2D eigenvalue weighted by Gasteiger charge is 2.28. The summed E-state index contributed by atoms with van der Waals surface area (Å²) in [6.45, 7) is 15.0. The van der Waals surface area contributed by atoms with E-state index in [0.717, 1.165) is 18.4 Å². The number of esters is 1. The van der Waals surface area contributed by atoms with E-state index in [-0.39, 0.29) is 17.5 Å². The Morgan fingerprint density at radius 1 is 1.41 bits per heavy atom. The van der Waals surface area contributed by atoms with E-state index in [4.69, 9.17) is 4.74 Å². The van der Waals surface area contributed by atoms with Gasteiger partial charge in [0.2, 0.25) is 0 Å². The molecule has 0 N–H and O–H groups in total. The lowest BCUT2D eigenvalue weighted by Gasteiger charge is -2.31. The summed E-state index contributed by atoms with van der Waals surface area (Å²) in [7, 11) is 0. The van der Waals surface area contributed by atoms with Crippen molar-refractivity contribution in [3.63, 3.8) is 0 Å². The predicted octanol–water partition coefficient (Wildman–Crippen LogP) is 4.04. The number of rotatable bonds is 7. The average Bonchev–Trinajstić information content (AvgIpc) is 2.21. The summed E-state index contributed by atoms with van der Waals surface area (Å²) in [6, 6.07) is 0. The van der Waals surface area contributed by atoms with E-state index < -0.39 is 0 Å². The Labute approximate surface area is 105 Å². The third-order valence-corrected chi connectivity index (χ3v) is 2.57. The number of allylic oxidation sites excluding steroid dienone is 3. The van der Waals surface area contributed by atoms with E-state index in [1.165, 1.54) is 6.92 Å². The van der Waals surface area contributed by atoms with Crippen LogP contribution in [-0.2, 0) is 9.53 Å². The maximum atomic E-state index is 11.1. The zero-order chi connectivity index (χ0) is 13.5. The van der Waals surface area contributed by atoms with Gasteiger partial charge >= 0.3 is 5.97 Å². The lowest BCUT2D eigenvalue weighted by atomic mass is 9.83. The third-order valence-electron chi connectivity index (χ3n) is 2.57. The van der Waals surface area contributed by atoms with Gasteiger partial charge in [0.1, 0.15) is 6.10 Å². The molecule has 0 saturated heterocycles. The molecule has 0 rings (SSSR count). The number of carbonyl (C=O) groups excluding carboxylic acids is 1. The van der Waals surface area contributed by atoms with E-state index in [0.29, 0.717) is 0 Å². The van der Waals surface area contributed by atoms with E-state index in [1.807, 2.05) is 25.2 Å². The highest BCUT2D eigenvalue weighted by atomic mass is 16.5. The standard InChI is InChI=1S/C15H24O2/c1-7-8-9-14(17-13(4)16)15(5,6)11-10-12(2)3/h7,10-11,14H,1-2,8-9H2,3-6H3/b11-10+.